The van der Waals surface area contributed by atoms with Crippen LogP contribution in [-0.2, 0) is 0 Å². The molecule has 0 fully saturated rings. The van der Waals surface area contributed by atoms with Crippen LogP contribution in [-0.4, -0.2) is 20.1 Å². The maximum Gasteiger partial charge on any atom is 0.255 e. The van der Waals surface area contributed by atoms with Crippen LogP contribution in [0.4, 0.5) is 5.69 Å². The van der Waals surface area contributed by atoms with Crippen molar-refractivity contribution >= 4 is 11.6 Å². The average Bonchev–Trinajstić information content (AvgIpc) is 2.47. The van der Waals surface area contributed by atoms with E-state index in [4.69, 9.17) is 9.47 Å². The lowest BCUT2D eigenvalue weighted by Crippen LogP contribution is -2.13. The number of amides is 1. The van der Waals surface area contributed by atoms with Gasteiger partial charge in [-0.05, 0) is 44.5 Å². The van der Waals surface area contributed by atoms with E-state index in [1.807, 2.05) is 45.0 Å². The van der Waals surface area contributed by atoms with Gasteiger partial charge in [0.05, 0.1) is 14.2 Å². The molecular formula is C18H21NO3. The molecule has 4 nitrogen and oxygen atoms in total. The highest BCUT2D eigenvalue weighted by Crippen LogP contribution is 2.33. The van der Waals surface area contributed by atoms with E-state index in [0.29, 0.717) is 22.7 Å². The van der Waals surface area contributed by atoms with Crippen molar-refractivity contribution in [1.29, 1.82) is 0 Å². The summed E-state index contributed by atoms with van der Waals surface area (Å²) in [7, 11) is 3.16. The predicted molar refractivity (Wildman–Crippen MR) is 88.2 cm³/mol. The highest BCUT2D eigenvalue weighted by molar-refractivity contribution is 6.05. The van der Waals surface area contributed by atoms with Crippen LogP contribution in [0.5, 0.6) is 11.5 Å². The van der Waals surface area contributed by atoms with E-state index in [2.05, 4.69) is 5.32 Å². The second-order valence-corrected chi connectivity index (χ2v) is 5.35. The summed E-state index contributed by atoms with van der Waals surface area (Å²) in [4.78, 5) is 12.4. The van der Waals surface area contributed by atoms with Crippen molar-refractivity contribution in [3.05, 3.63) is 52.6 Å². The van der Waals surface area contributed by atoms with Gasteiger partial charge in [0, 0.05) is 17.3 Å². The van der Waals surface area contributed by atoms with Crippen LogP contribution in [0, 0.1) is 20.8 Å². The summed E-state index contributed by atoms with van der Waals surface area (Å²) in [6.07, 6.45) is 0. The van der Waals surface area contributed by atoms with Gasteiger partial charge in [-0.15, -0.1) is 0 Å². The Morgan fingerprint density at radius 1 is 0.864 bits per heavy atom. The maximum absolute atomic E-state index is 12.4. The van der Waals surface area contributed by atoms with Gasteiger partial charge in [-0.25, -0.2) is 0 Å². The molecule has 0 saturated carbocycles. The van der Waals surface area contributed by atoms with Crippen LogP contribution < -0.4 is 14.8 Å². The predicted octanol–water partition coefficient (Wildman–Crippen LogP) is 3.88. The summed E-state index contributed by atoms with van der Waals surface area (Å²) in [6.45, 7) is 5.87. The fourth-order valence-electron chi connectivity index (χ4n) is 2.42. The van der Waals surface area contributed by atoms with Crippen molar-refractivity contribution in [1.82, 2.24) is 0 Å². The fourth-order valence-corrected chi connectivity index (χ4v) is 2.42. The van der Waals surface area contributed by atoms with E-state index in [1.165, 1.54) is 0 Å². The largest absolute Gasteiger partial charge is 0.493 e. The normalized spacial score (nSPS) is 10.2. The number of hydrogen-bond donors (Lipinski definition) is 1. The maximum atomic E-state index is 12.4. The summed E-state index contributed by atoms with van der Waals surface area (Å²) in [5.41, 5.74) is 4.40. The zero-order valence-corrected chi connectivity index (χ0v) is 13.6. The van der Waals surface area contributed by atoms with E-state index >= 15 is 0 Å². The Balaban J connectivity index is 2.31. The molecule has 22 heavy (non-hydrogen) atoms. The molecule has 1 N–H and O–H groups in total. The van der Waals surface area contributed by atoms with E-state index in [0.717, 1.165) is 16.7 Å². The zero-order valence-electron chi connectivity index (χ0n) is 13.6. The first-order valence-corrected chi connectivity index (χ1v) is 7.07. The number of carbonyl (C=O) groups is 1. The summed E-state index contributed by atoms with van der Waals surface area (Å²) in [6, 6.07) is 9.40. The van der Waals surface area contributed by atoms with Gasteiger partial charge in [-0.2, -0.15) is 0 Å². The van der Waals surface area contributed by atoms with Crippen LogP contribution in [0.2, 0.25) is 0 Å². The lowest BCUT2D eigenvalue weighted by molar-refractivity contribution is 0.102. The molecule has 0 radical (unpaired) electrons. The van der Waals surface area contributed by atoms with Crippen molar-refractivity contribution in [2.24, 2.45) is 0 Å². The number of rotatable bonds is 4. The Hall–Kier alpha value is -2.49. The van der Waals surface area contributed by atoms with Gasteiger partial charge in [0.15, 0.2) is 11.5 Å². The number of benzene rings is 2. The molecule has 0 aliphatic rings. The molecule has 2 aromatic carbocycles. The summed E-state index contributed by atoms with van der Waals surface area (Å²) >= 11 is 0. The van der Waals surface area contributed by atoms with Crippen molar-refractivity contribution in [2.45, 2.75) is 20.8 Å². The number of methoxy groups -OCH3 is 2. The third-order valence-electron chi connectivity index (χ3n) is 3.46. The summed E-state index contributed by atoms with van der Waals surface area (Å²) in [5, 5.41) is 2.93. The highest BCUT2D eigenvalue weighted by atomic mass is 16.5. The molecule has 0 saturated heterocycles. The van der Waals surface area contributed by atoms with Crippen molar-refractivity contribution in [3.63, 3.8) is 0 Å². The number of hydrogen-bond acceptors (Lipinski definition) is 3. The van der Waals surface area contributed by atoms with Crippen LogP contribution in [0.1, 0.15) is 27.0 Å². The van der Waals surface area contributed by atoms with Crippen LogP contribution >= 0.6 is 0 Å². The Bertz CT molecular complexity index is 687. The van der Waals surface area contributed by atoms with Gasteiger partial charge in [-0.3, -0.25) is 4.79 Å². The van der Waals surface area contributed by atoms with E-state index in [9.17, 15) is 4.79 Å². The third kappa shape index (κ3) is 3.39. The molecule has 0 spiro atoms. The molecule has 116 valence electrons. The molecule has 0 bridgehead atoms. The van der Waals surface area contributed by atoms with Gasteiger partial charge in [-0.1, -0.05) is 17.2 Å². The molecule has 0 aromatic heterocycles. The van der Waals surface area contributed by atoms with Gasteiger partial charge < -0.3 is 14.8 Å². The number of ether oxygens (including phenoxy) is 2. The number of anilines is 1. The van der Waals surface area contributed by atoms with Crippen LogP contribution in [0.25, 0.3) is 0 Å². The van der Waals surface area contributed by atoms with Crippen LogP contribution in [0.3, 0.4) is 0 Å². The van der Waals surface area contributed by atoms with E-state index in [-0.39, 0.29) is 5.91 Å². The number of carbonyl (C=O) groups excluding carboxylic acids is 1. The first-order chi connectivity index (χ1) is 10.4. The van der Waals surface area contributed by atoms with Crippen molar-refractivity contribution in [3.8, 4) is 11.5 Å². The van der Waals surface area contributed by atoms with Gasteiger partial charge in [0.2, 0.25) is 0 Å². The van der Waals surface area contributed by atoms with Crippen LogP contribution in [0.15, 0.2) is 30.3 Å². The van der Waals surface area contributed by atoms with Gasteiger partial charge >= 0.3 is 0 Å². The first kappa shape index (κ1) is 15.9. The highest BCUT2D eigenvalue weighted by Gasteiger charge is 2.12. The summed E-state index contributed by atoms with van der Waals surface area (Å²) in [5.74, 6) is 1.09. The molecule has 4 heteroatoms. The summed E-state index contributed by atoms with van der Waals surface area (Å²) < 4.78 is 10.5. The monoisotopic (exact) mass is 299 g/mol. The topological polar surface area (TPSA) is 47.6 Å². The third-order valence-corrected chi connectivity index (χ3v) is 3.46. The molecule has 2 rings (SSSR count). The second-order valence-electron chi connectivity index (χ2n) is 5.35. The minimum absolute atomic E-state index is 0.137. The molecule has 0 aliphatic heterocycles. The lowest BCUT2D eigenvalue weighted by Gasteiger charge is -2.14. The number of nitrogens with one attached hydrogen (secondary N) is 1. The first-order valence-electron chi connectivity index (χ1n) is 7.07. The lowest BCUT2D eigenvalue weighted by atomic mass is 10.1. The molecular weight excluding hydrogens is 278 g/mol. The standard InChI is InChI=1S/C18H21NO3/c1-11-6-12(2)8-14(7-11)18(20)19-15-10-17(22-5)16(21-4)9-13(15)3/h6-10H,1-5H3,(H,19,20). The minimum Gasteiger partial charge on any atom is -0.493 e. The van der Waals surface area contributed by atoms with Gasteiger partial charge in [0.25, 0.3) is 5.91 Å². The second kappa shape index (κ2) is 6.52. The van der Waals surface area contributed by atoms with E-state index < -0.39 is 0 Å². The van der Waals surface area contributed by atoms with Crippen molar-refractivity contribution in [2.75, 3.05) is 19.5 Å². The fraction of sp³-hybridized carbons (Fsp3) is 0.278. The Kier molecular flexibility index (Phi) is 4.71. The van der Waals surface area contributed by atoms with Crippen molar-refractivity contribution < 1.29 is 14.3 Å². The number of aryl methyl sites for hydroxylation is 3. The molecule has 0 unspecified atom stereocenters. The Morgan fingerprint density at radius 2 is 1.41 bits per heavy atom. The smallest absolute Gasteiger partial charge is 0.255 e. The Morgan fingerprint density at radius 3 is 1.95 bits per heavy atom. The molecule has 1 amide bonds. The van der Waals surface area contributed by atoms with Gasteiger partial charge in [0.1, 0.15) is 0 Å². The molecule has 2 aromatic rings. The zero-order chi connectivity index (χ0) is 16.3. The minimum atomic E-state index is -0.137. The average molecular weight is 299 g/mol. The molecule has 0 heterocycles. The molecule has 0 atom stereocenters. The quantitative estimate of drug-likeness (QED) is 0.932. The SMILES string of the molecule is COc1cc(C)c(NC(=O)c2cc(C)cc(C)c2)cc1OC. The molecule has 0 aliphatic carbocycles. The van der Waals surface area contributed by atoms with E-state index in [1.54, 1.807) is 20.3 Å². The Labute approximate surface area is 131 Å².